The van der Waals surface area contributed by atoms with Gasteiger partial charge in [0.2, 0.25) is 0 Å². The number of halogens is 2. The van der Waals surface area contributed by atoms with E-state index in [-0.39, 0.29) is 12.5 Å². The van der Waals surface area contributed by atoms with Crippen LogP contribution in [0.15, 0.2) is 18.2 Å². The van der Waals surface area contributed by atoms with E-state index in [1.807, 2.05) is 0 Å². The fourth-order valence-corrected chi connectivity index (χ4v) is 2.04. The van der Waals surface area contributed by atoms with Gasteiger partial charge in [-0.25, -0.2) is 8.78 Å². The number of benzene rings is 1. The Morgan fingerprint density at radius 1 is 1.47 bits per heavy atom. The van der Waals surface area contributed by atoms with Crippen molar-refractivity contribution in [3.8, 4) is 0 Å². The summed E-state index contributed by atoms with van der Waals surface area (Å²) in [5.74, 6) is -1.21. The maximum atomic E-state index is 13.4. The summed E-state index contributed by atoms with van der Waals surface area (Å²) in [6.45, 7) is 0.274. The van der Waals surface area contributed by atoms with Crippen molar-refractivity contribution < 1.29 is 13.9 Å². The lowest BCUT2D eigenvalue weighted by molar-refractivity contribution is 0.211. The average molecular weight is 213 g/mol. The van der Waals surface area contributed by atoms with Crippen LogP contribution in [0.4, 0.5) is 8.78 Å². The first-order chi connectivity index (χ1) is 7.13. The zero-order valence-corrected chi connectivity index (χ0v) is 8.21. The van der Waals surface area contributed by atoms with Crippen LogP contribution in [0, 0.1) is 17.0 Å². The zero-order valence-electron chi connectivity index (χ0n) is 8.21. The van der Waals surface area contributed by atoms with E-state index in [1.54, 1.807) is 0 Å². The van der Waals surface area contributed by atoms with Gasteiger partial charge in [-0.2, -0.15) is 0 Å². The third-order valence-electron chi connectivity index (χ3n) is 3.25. The number of nitrogens with two attached hydrogens (primary N) is 1. The van der Waals surface area contributed by atoms with E-state index < -0.39 is 17.0 Å². The molecule has 3 N–H and O–H groups in total. The van der Waals surface area contributed by atoms with Crippen LogP contribution < -0.4 is 5.73 Å². The van der Waals surface area contributed by atoms with E-state index in [9.17, 15) is 8.78 Å². The second kappa shape index (κ2) is 3.54. The van der Waals surface area contributed by atoms with Crippen LogP contribution in [0.5, 0.6) is 0 Å². The quantitative estimate of drug-likeness (QED) is 0.797. The summed E-state index contributed by atoms with van der Waals surface area (Å²) in [6.07, 6.45) is 0.669. The Morgan fingerprint density at radius 3 is 2.67 bits per heavy atom. The highest BCUT2D eigenvalue weighted by atomic mass is 19.1. The molecule has 2 rings (SSSR count). The van der Waals surface area contributed by atoms with Crippen molar-refractivity contribution in [2.45, 2.75) is 12.3 Å². The molecule has 2 atom stereocenters. The predicted octanol–water partition coefficient (Wildman–Crippen LogP) is 1.39. The molecule has 1 aliphatic rings. The average Bonchev–Trinajstić information content (AvgIpc) is 2.93. The van der Waals surface area contributed by atoms with Crippen LogP contribution in [-0.4, -0.2) is 18.3 Å². The lowest BCUT2D eigenvalue weighted by Crippen LogP contribution is -2.21. The summed E-state index contributed by atoms with van der Waals surface area (Å²) in [5, 5.41) is 9.16. The number of rotatable bonds is 3. The van der Waals surface area contributed by atoms with Gasteiger partial charge in [-0.15, -0.1) is 0 Å². The van der Waals surface area contributed by atoms with Crippen molar-refractivity contribution in [3.63, 3.8) is 0 Å². The zero-order chi connectivity index (χ0) is 11.1. The van der Waals surface area contributed by atoms with Crippen LogP contribution in [0.2, 0.25) is 0 Å². The standard InChI is InChI=1S/C11H13F2NO/c12-7-1-2-8(10(13)3-7)9-4-11(9,5-14)6-15/h1-3,9,15H,4-6,14H2. The Balaban J connectivity index is 2.26. The van der Waals surface area contributed by atoms with Gasteiger partial charge in [0.05, 0.1) is 6.61 Å². The first kappa shape index (κ1) is 10.5. The molecule has 0 aliphatic heterocycles. The summed E-state index contributed by atoms with van der Waals surface area (Å²) in [6, 6.07) is 3.53. The van der Waals surface area contributed by atoms with Gasteiger partial charge < -0.3 is 10.8 Å². The van der Waals surface area contributed by atoms with E-state index >= 15 is 0 Å². The molecule has 1 saturated carbocycles. The first-order valence-corrected chi connectivity index (χ1v) is 4.89. The van der Waals surface area contributed by atoms with Gasteiger partial charge in [0.25, 0.3) is 0 Å². The first-order valence-electron chi connectivity index (χ1n) is 4.89. The maximum absolute atomic E-state index is 13.4. The van der Waals surface area contributed by atoms with Gasteiger partial charge in [-0.3, -0.25) is 0 Å². The predicted molar refractivity (Wildman–Crippen MR) is 52.3 cm³/mol. The molecule has 15 heavy (non-hydrogen) atoms. The molecule has 4 heteroatoms. The number of hydrogen-bond acceptors (Lipinski definition) is 2. The number of aliphatic hydroxyl groups excluding tert-OH is 1. The van der Waals surface area contributed by atoms with Crippen molar-refractivity contribution in [1.82, 2.24) is 0 Å². The molecule has 2 unspecified atom stereocenters. The summed E-state index contributed by atoms with van der Waals surface area (Å²) in [7, 11) is 0. The van der Waals surface area contributed by atoms with Gasteiger partial charge in [0.1, 0.15) is 11.6 Å². The molecule has 82 valence electrons. The molecule has 0 saturated heterocycles. The van der Waals surface area contributed by atoms with Crippen LogP contribution in [0.1, 0.15) is 17.9 Å². The second-order valence-electron chi connectivity index (χ2n) is 4.15. The Bertz CT molecular complexity index is 377. The van der Waals surface area contributed by atoms with Crippen molar-refractivity contribution in [1.29, 1.82) is 0 Å². The van der Waals surface area contributed by atoms with Gasteiger partial charge in [-0.1, -0.05) is 6.07 Å². The highest BCUT2D eigenvalue weighted by Crippen LogP contribution is 2.58. The second-order valence-corrected chi connectivity index (χ2v) is 4.15. The minimum absolute atomic E-state index is 0.0506. The SMILES string of the molecule is NCC1(CO)CC1c1ccc(F)cc1F. The van der Waals surface area contributed by atoms with Gasteiger partial charge in [-0.05, 0) is 24.0 Å². The molecule has 0 amide bonds. The molecule has 2 nitrogen and oxygen atoms in total. The van der Waals surface area contributed by atoms with Gasteiger partial charge >= 0.3 is 0 Å². The Hall–Kier alpha value is -1.00. The van der Waals surface area contributed by atoms with Crippen LogP contribution in [-0.2, 0) is 0 Å². The van der Waals surface area contributed by atoms with E-state index in [2.05, 4.69) is 0 Å². The highest BCUT2D eigenvalue weighted by molar-refractivity contribution is 5.32. The van der Waals surface area contributed by atoms with Crippen molar-refractivity contribution in [3.05, 3.63) is 35.4 Å². The molecular weight excluding hydrogens is 200 g/mol. The van der Waals surface area contributed by atoms with Crippen LogP contribution in [0.25, 0.3) is 0 Å². The summed E-state index contributed by atoms with van der Waals surface area (Å²) in [4.78, 5) is 0. The molecule has 1 aliphatic carbocycles. The van der Waals surface area contributed by atoms with Crippen molar-refractivity contribution in [2.75, 3.05) is 13.2 Å². The van der Waals surface area contributed by atoms with E-state index in [0.717, 1.165) is 6.07 Å². The topological polar surface area (TPSA) is 46.2 Å². The lowest BCUT2D eigenvalue weighted by atomic mass is 10.00. The Morgan fingerprint density at radius 2 is 2.20 bits per heavy atom. The Labute approximate surface area is 86.7 Å². The van der Waals surface area contributed by atoms with Crippen LogP contribution in [0.3, 0.4) is 0 Å². The number of aliphatic hydroxyl groups is 1. The third kappa shape index (κ3) is 1.64. The molecular formula is C11H13F2NO. The molecule has 1 fully saturated rings. The molecule has 0 heterocycles. The summed E-state index contributed by atoms with van der Waals surface area (Å²) < 4.78 is 26.1. The molecule has 0 spiro atoms. The molecule has 0 aromatic heterocycles. The molecule has 0 radical (unpaired) electrons. The highest BCUT2D eigenvalue weighted by Gasteiger charge is 2.54. The monoisotopic (exact) mass is 213 g/mol. The fourth-order valence-electron chi connectivity index (χ4n) is 2.04. The fraction of sp³-hybridized carbons (Fsp3) is 0.455. The van der Waals surface area contributed by atoms with E-state index in [1.165, 1.54) is 12.1 Å². The van der Waals surface area contributed by atoms with E-state index in [0.29, 0.717) is 18.5 Å². The Kier molecular flexibility index (Phi) is 2.48. The lowest BCUT2D eigenvalue weighted by Gasteiger charge is -2.11. The summed E-state index contributed by atoms with van der Waals surface area (Å²) in [5.41, 5.74) is 5.59. The molecule has 1 aromatic rings. The normalized spacial score (nSPS) is 29.2. The number of hydrogen-bond donors (Lipinski definition) is 2. The maximum Gasteiger partial charge on any atom is 0.129 e. The largest absolute Gasteiger partial charge is 0.396 e. The van der Waals surface area contributed by atoms with Crippen LogP contribution >= 0.6 is 0 Å². The molecule has 0 bridgehead atoms. The molecule has 1 aromatic carbocycles. The minimum atomic E-state index is -0.584. The van der Waals surface area contributed by atoms with Gasteiger partial charge in [0, 0.05) is 18.0 Å². The third-order valence-corrected chi connectivity index (χ3v) is 3.25. The van der Waals surface area contributed by atoms with Crippen molar-refractivity contribution >= 4 is 0 Å². The van der Waals surface area contributed by atoms with Crippen molar-refractivity contribution in [2.24, 2.45) is 11.1 Å². The smallest absolute Gasteiger partial charge is 0.129 e. The summed E-state index contributed by atoms with van der Waals surface area (Å²) >= 11 is 0. The van der Waals surface area contributed by atoms with E-state index in [4.69, 9.17) is 10.8 Å². The van der Waals surface area contributed by atoms with Gasteiger partial charge in [0.15, 0.2) is 0 Å². The minimum Gasteiger partial charge on any atom is -0.396 e.